The Bertz CT molecular complexity index is 313. The Labute approximate surface area is 100 Å². The number of fused-ring (bicyclic) bond motifs is 1. The highest BCUT2D eigenvalue weighted by molar-refractivity contribution is 6.80. The maximum absolute atomic E-state index is 11.7. The third-order valence-corrected chi connectivity index (χ3v) is 5.39. The molecule has 0 bridgehead atoms. The van der Waals surface area contributed by atoms with Gasteiger partial charge in [0.05, 0.1) is 8.07 Å². The Morgan fingerprint density at radius 1 is 1.31 bits per heavy atom. The predicted molar refractivity (Wildman–Crippen MR) is 71.1 cm³/mol. The van der Waals surface area contributed by atoms with Crippen molar-refractivity contribution in [1.29, 1.82) is 0 Å². The van der Waals surface area contributed by atoms with Crippen LogP contribution in [-0.2, 0) is 4.79 Å². The molecule has 2 aliphatic rings. The summed E-state index contributed by atoms with van der Waals surface area (Å²) in [4.78, 5) is 11.7. The molecule has 0 saturated heterocycles. The standard InChI is InChI=1S/C14H24OSi/c1-16(2,3)10-9-14-8-4-5-12(14)6-7-13(15)11-14/h9-10,12H,4-8,11H2,1-3H3/b10-9+/t12-,14-/m0/s1. The molecule has 2 aliphatic carbocycles. The zero-order chi connectivity index (χ0) is 11.8. The van der Waals surface area contributed by atoms with E-state index in [2.05, 4.69) is 31.4 Å². The molecular weight excluding hydrogens is 212 g/mol. The number of allylic oxidation sites excluding steroid dienone is 1. The van der Waals surface area contributed by atoms with Gasteiger partial charge in [-0.2, -0.15) is 0 Å². The monoisotopic (exact) mass is 236 g/mol. The average molecular weight is 236 g/mol. The van der Waals surface area contributed by atoms with Crippen molar-refractivity contribution in [2.24, 2.45) is 11.3 Å². The molecule has 16 heavy (non-hydrogen) atoms. The molecule has 0 aromatic carbocycles. The summed E-state index contributed by atoms with van der Waals surface area (Å²) in [6.45, 7) is 7.11. The van der Waals surface area contributed by atoms with Gasteiger partial charge in [0.2, 0.25) is 0 Å². The summed E-state index contributed by atoms with van der Waals surface area (Å²) in [7, 11) is -1.12. The predicted octanol–water partition coefficient (Wildman–Crippen LogP) is 3.96. The molecule has 2 fully saturated rings. The summed E-state index contributed by atoms with van der Waals surface area (Å²) >= 11 is 0. The minimum absolute atomic E-state index is 0.273. The molecule has 1 nitrogen and oxygen atoms in total. The maximum Gasteiger partial charge on any atom is 0.133 e. The lowest BCUT2D eigenvalue weighted by Gasteiger charge is -2.37. The fourth-order valence-electron chi connectivity index (χ4n) is 3.32. The largest absolute Gasteiger partial charge is 0.300 e. The number of ketones is 1. The highest BCUT2D eigenvalue weighted by atomic mass is 28.3. The van der Waals surface area contributed by atoms with Crippen LogP contribution in [0.2, 0.25) is 19.6 Å². The van der Waals surface area contributed by atoms with Crippen molar-refractivity contribution in [2.45, 2.75) is 58.2 Å². The van der Waals surface area contributed by atoms with E-state index in [4.69, 9.17) is 0 Å². The van der Waals surface area contributed by atoms with Crippen LogP contribution in [0, 0.1) is 11.3 Å². The van der Waals surface area contributed by atoms with Crippen molar-refractivity contribution in [2.75, 3.05) is 0 Å². The molecule has 2 saturated carbocycles. The van der Waals surface area contributed by atoms with E-state index in [1.807, 2.05) is 0 Å². The molecular formula is C14H24OSi. The molecule has 0 aromatic heterocycles. The van der Waals surface area contributed by atoms with E-state index in [1.165, 1.54) is 19.3 Å². The van der Waals surface area contributed by atoms with E-state index in [1.54, 1.807) is 0 Å². The van der Waals surface area contributed by atoms with Crippen molar-refractivity contribution in [3.05, 3.63) is 11.8 Å². The fourth-order valence-corrected chi connectivity index (χ4v) is 4.15. The Balaban J connectivity index is 2.19. The Morgan fingerprint density at radius 2 is 2.06 bits per heavy atom. The first-order valence-electron chi connectivity index (χ1n) is 6.63. The van der Waals surface area contributed by atoms with Crippen LogP contribution in [0.5, 0.6) is 0 Å². The van der Waals surface area contributed by atoms with Gasteiger partial charge in [0.25, 0.3) is 0 Å². The fraction of sp³-hybridized carbons (Fsp3) is 0.786. The normalized spacial score (nSPS) is 35.7. The Kier molecular flexibility index (Phi) is 3.13. The molecule has 90 valence electrons. The Morgan fingerprint density at radius 3 is 2.75 bits per heavy atom. The van der Waals surface area contributed by atoms with Crippen LogP contribution in [0.4, 0.5) is 0 Å². The topological polar surface area (TPSA) is 17.1 Å². The zero-order valence-electron chi connectivity index (χ0n) is 10.9. The van der Waals surface area contributed by atoms with E-state index in [9.17, 15) is 4.79 Å². The Hall–Kier alpha value is -0.373. The lowest BCUT2D eigenvalue weighted by atomic mass is 9.68. The summed E-state index contributed by atoms with van der Waals surface area (Å²) in [6, 6.07) is 0. The summed E-state index contributed by atoms with van der Waals surface area (Å²) in [5.74, 6) is 1.30. The molecule has 0 heterocycles. The lowest BCUT2D eigenvalue weighted by Crippen LogP contribution is -2.32. The molecule has 2 rings (SSSR count). The van der Waals surface area contributed by atoms with Gasteiger partial charge in [-0.05, 0) is 30.6 Å². The van der Waals surface area contributed by atoms with Crippen LogP contribution in [0.3, 0.4) is 0 Å². The molecule has 2 heteroatoms. The molecule has 0 spiro atoms. The van der Waals surface area contributed by atoms with Gasteiger partial charge in [0.1, 0.15) is 5.78 Å². The van der Waals surface area contributed by atoms with Gasteiger partial charge >= 0.3 is 0 Å². The third kappa shape index (κ3) is 2.48. The van der Waals surface area contributed by atoms with Gasteiger partial charge in [-0.25, -0.2) is 0 Å². The number of carbonyl (C=O) groups excluding carboxylic acids is 1. The van der Waals surface area contributed by atoms with Crippen LogP contribution < -0.4 is 0 Å². The van der Waals surface area contributed by atoms with Crippen LogP contribution in [0.1, 0.15) is 38.5 Å². The minimum atomic E-state index is -1.12. The van der Waals surface area contributed by atoms with E-state index in [-0.39, 0.29) is 5.41 Å². The maximum atomic E-state index is 11.7. The third-order valence-electron chi connectivity index (χ3n) is 4.22. The number of hydrogen-bond donors (Lipinski definition) is 0. The van der Waals surface area contributed by atoms with E-state index in [0.29, 0.717) is 5.78 Å². The number of carbonyl (C=O) groups is 1. The summed E-state index contributed by atoms with van der Waals surface area (Å²) in [5.41, 5.74) is 2.74. The molecule has 0 N–H and O–H groups in total. The van der Waals surface area contributed by atoms with Gasteiger partial charge in [0.15, 0.2) is 0 Å². The van der Waals surface area contributed by atoms with Crippen LogP contribution >= 0.6 is 0 Å². The molecule has 0 unspecified atom stereocenters. The van der Waals surface area contributed by atoms with Crippen molar-refractivity contribution < 1.29 is 4.79 Å². The second-order valence-corrected chi connectivity index (χ2v) is 11.8. The summed E-state index contributed by atoms with van der Waals surface area (Å²) < 4.78 is 0. The number of rotatable bonds is 2. The zero-order valence-corrected chi connectivity index (χ0v) is 11.9. The van der Waals surface area contributed by atoms with Crippen molar-refractivity contribution in [3.8, 4) is 0 Å². The van der Waals surface area contributed by atoms with E-state index >= 15 is 0 Å². The summed E-state index contributed by atoms with van der Waals surface area (Å²) in [5, 5.41) is 0. The minimum Gasteiger partial charge on any atom is -0.300 e. The number of hydrogen-bond acceptors (Lipinski definition) is 1. The lowest BCUT2D eigenvalue weighted by molar-refractivity contribution is -0.123. The molecule has 0 amide bonds. The van der Waals surface area contributed by atoms with Crippen LogP contribution in [0.15, 0.2) is 11.8 Å². The first kappa shape index (κ1) is 12.1. The highest BCUT2D eigenvalue weighted by Crippen LogP contribution is 2.52. The van der Waals surface area contributed by atoms with E-state index in [0.717, 1.165) is 25.2 Å². The highest BCUT2D eigenvalue weighted by Gasteiger charge is 2.44. The van der Waals surface area contributed by atoms with Gasteiger partial charge < -0.3 is 0 Å². The molecule has 0 aromatic rings. The first-order chi connectivity index (χ1) is 7.41. The molecule has 0 radical (unpaired) electrons. The van der Waals surface area contributed by atoms with Crippen molar-refractivity contribution >= 4 is 13.9 Å². The second kappa shape index (κ2) is 4.14. The number of Topliss-reactive ketones (excluding diaryl/α,β-unsaturated/α-hetero) is 1. The average Bonchev–Trinajstić information content (AvgIpc) is 2.57. The van der Waals surface area contributed by atoms with Gasteiger partial charge in [-0.1, -0.05) is 37.8 Å². The second-order valence-electron chi connectivity index (χ2n) is 6.78. The SMILES string of the molecule is C[Si](C)(C)/C=C/[C@]12CCC[C@H]1CCC(=O)C2. The van der Waals surface area contributed by atoms with Gasteiger partial charge in [0, 0.05) is 12.8 Å². The van der Waals surface area contributed by atoms with Gasteiger partial charge in [-0.3, -0.25) is 4.79 Å². The molecule has 0 aliphatic heterocycles. The first-order valence-corrected chi connectivity index (χ1v) is 10.2. The van der Waals surface area contributed by atoms with E-state index < -0.39 is 8.07 Å². The van der Waals surface area contributed by atoms with Crippen LogP contribution in [0.25, 0.3) is 0 Å². The van der Waals surface area contributed by atoms with Crippen molar-refractivity contribution in [1.82, 2.24) is 0 Å². The van der Waals surface area contributed by atoms with Crippen molar-refractivity contribution in [3.63, 3.8) is 0 Å². The quantitative estimate of drug-likeness (QED) is 0.663. The van der Waals surface area contributed by atoms with Gasteiger partial charge in [-0.15, -0.1) is 0 Å². The summed E-state index contributed by atoms with van der Waals surface area (Å²) in [6.07, 6.45) is 9.20. The van der Waals surface area contributed by atoms with Crippen LogP contribution in [-0.4, -0.2) is 13.9 Å². The smallest absolute Gasteiger partial charge is 0.133 e. The molecule has 2 atom stereocenters.